The third-order valence-electron chi connectivity index (χ3n) is 3.31. The number of nitrogens with two attached hydrogens (primary N) is 1. The van der Waals surface area contributed by atoms with Gasteiger partial charge in [0.05, 0.1) is 11.3 Å². The minimum Gasteiger partial charge on any atom is -0.409 e. The van der Waals surface area contributed by atoms with Crippen LogP contribution in [0.15, 0.2) is 23.4 Å². The van der Waals surface area contributed by atoms with E-state index in [0.717, 1.165) is 0 Å². The molecule has 1 aromatic rings. The maximum Gasteiger partial charge on any atom is 0.175 e. The van der Waals surface area contributed by atoms with Crippen molar-refractivity contribution in [2.75, 3.05) is 11.9 Å². The second kappa shape index (κ2) is 5.71. The molecule has 1 unspecified atom stereocenters. The van der Waals surface area contributed by atoms with Gasteiger partial charge in [-0.1, -0.05) is 25.1 Å². The van der Waals surface area contributed by atoms with Crippen LogP contribution in [0.1, 0.15) is 26.3 Å². The van der Waals surface area contributed by atoms with Gasteiger partial charge in [-0.15, -0.1) is 0 Å². The summed E-state index contributed by atoms with van der Waals surface area (Å²) in [7, 11) is 1.87. The van der Waals surface area contributed by atoms with Gasteiger partial charge in [-0.3, -0.25) is 0 Å². The van der Waals surface area contributed by atoms with Crippen molar-refractivity contribution in [1.82, 2.24) is 0 Å². The predicted octanol–water partition coefficient (Wildman–Crippen LogP) is 2.40. The molecule has 0 heterocycles. The average Bonchev–Trinajstić information content (AvgIpc) is 2.35. The van der Waals surface area contributed by atoms with Gasteiger partial charge in [-0.2, -0.15) is 0 Å². The highest BCUT2D eigenvalue weighted by Gasteiger charge is 2.20. The zero-order valence-corrected chi connectivity index (χ0v) is 11.2. The number of oxime groups is 1. The quantitative estimate of drug-likeness (QED) is 0.375. The first kappa shape index (κ1) is 14.3. The molecular weight excluding hydrogens is 233 g/mol. The monoisotopic (exact) mass is 253 g/mol. The van der Waals surface area contributed by atoms with E-state index in [4.69, 9.17) is 10.9 Å². The Morgan fingerprint density at radius 1 is 1.39 bits per heavy atom. The molecule has 1 atom stereocenters. The van der Waals surface area contributed by atoms with Crippen LogP contribution in [0, 0.1) is 11.7 Å². The van der Waals surface area contributed by atoms with Crippen LogP contribution in [0.3, 0.4) is 0 Å². The van der Waals surface area contributed by atoms with Gasteiger partial charge in [0.1, 0.15) is 5.82 Å². The SMILES string of the molecule is CC(C)C(C)N(C)c1cccc(F)c1C(N)=NO. The summed E-state index contributed by atoms with van der Waals surface area (Å²) in [6, 6.07) is 4.87. The van der Waals surface area contributed by atoms with Gasteiger partial charge < -0.3 is 15.8 Å². The lowest BCUT2D eigenvalue weighted by atomic mass is 10.0. The van der Waals surface area contributed by atoms with Crippen molar-refractivity contribution in [2.45, 2.75) is 26.8 Å². The van der Waals surface area contributed by atoms with E-state index < -0.39 is 5.82 Å². The van der Waals surface area contributed by atoms with Crippen LogP contribution in [0.2, 0.25) is 0 Å². The molecule has 1 rings (SSSR count). The van der Waals surface area contributed by atoms with Gasteiger partial charge in [0, 0.05) is 13.1 Å². The van der Waals surface area contributed by atoms with E-state index in [-0.39, 0.29) is 17.4 Å². The second-order valence-corrected chi connectivity index (χ2v) is 4.71. The van der Waals surface area contributed by atoms with E-state index >= 15 is 0 Å². The molecule has 100 valence electrons. The molecule has 0 bridgehead atoms. The number of anilines is 1. The van der Waals surface area contributed by atoms with Gasteiger partial charge in [-0.25, -0.2) is 4.39 Å². The minimum atomic E-state index is -0.495. The number of rotatable bonds is 4. The summed E-state index contributed by atoms with van der Waals surface area (Å²) in [5.74, 6) is -0.310. The maximum absolute atomic E-state index is 13.8. The Hall–Kier alpha value is -1.78. The van der Waals surface area contributed by atoms with Crippen LogP contribution in [-0.2, 0) is 0 Å². The van der Waals surface area contributed by atoms with Crippen molar-refractivity contribution in [2.24, 2.45) is 16.8 Å². The molecule has 0 radical (unpaired) electrons. The predicted molar refractivity (Wildman–Crippen MR) is 71.6 cm³/mol. The van der Waals surface area contributed by atoms with Gasteiger partial charge in [0.25, 0.3) is 0 Å². The molecule has 0 saturated heterocycles. The van der Waals surface area contributed by atoms with E-state index in [1.807, 2.05) is 18.9 Å². The zero-order valence-electron chi connectivity index (χ0n) is 11.2. The lowest BCUT2D eigenvalue weighted by molar-refractivity contribution is 0.318. The first-order chi connectivity index (χ1) is 8.40. The highest BCUT2D eigenvalue weighted by atomic mass is 19.1. The highest BCUT2D eigenvalue weighted by Crippen LogP contribution is 2.25. The second-order valence-electron chi connectivity index (χ2n) is 4.71. The highest BCUT2D eigenvalue weighted by molar-refractivity contribution is 6.02. The van der Waals surface area contributed by atoms with Crippen molar-refractivity contribution in [3.8, 4) is 0 Å². The molecule has 3 N–H and O–H groups in total. The largest absolute Gasteiger partial charge is 0.409 e. The van der Waals surface area contributed by atoms with Gasteiger partial charge in [0.2, 0.25) is 0 Å². The number of hydrogen-bond acceptors (Lipinski definition) is 3. The summed E-state index contributed by atoms with van der Waals surface area (Å²) in [4.78, 5) is 1.93. The lowest BCUT2D eigenvalue weighted by Gasteiger charge is -2.31. The van der Waals surface area contributed by atoms with Crippen LogP contribution >= 0.6 is 0 Å². The normalized spacial score (nSPS) is 13.8. The Labute approximate surface area is 107 Å². The topological polar surface area (TPSA) is 61.8 Å². The summed E-state index contributed by atoms with van der Waals surface area (Å²) >= 11 is 0. The van der Waals surface area contributed by atoms with Crippen LogP contribution < -0.4 is 10.6 Å². The fourth-order valence-corrected chi connectivity index (χ4v) is 1.78. The minimum absolute atomic E-state index is 0.134. The number of halogens is 1. The first-order valence-corrected chi connectivity index (χ1v) is 5.89. The fraction of sp³-hybridized carbons (Fsp3) is 0.462. The molecule has 18 heavy (non-hydrogen) atoms. The first-order valence-electron chi connectivity index (χ1n) is 5.89. The van der Waals surface area contributed by atoms with E-state index in [9.17, 15) is 4.39 Å². The van der Waals surface area contributed by atoms with E-state index in [2.05, 4.69) is 19.0 Å². The van der Waals surface area contributed by atoms with Crippen molar-refractivity contribution in [1.29, 1.82) is 0 Å². The van der Waals surface area contributed by atoms with Crippen LogP contribution in [0.5, 0.6) is 0 Å². The molecule has 0 aliphatic carbocycles. The van der Waals surface area contributed by atoms with Crippen LogP contribution in [0.25, 0.3) is 0 Å². The summed E-state index contributed by atoms with van der Waals surface area (Å²) in [5, 5.41) is 11.6. The number of nitrogens with zero attached hydrogens (tertiary/aromatic N) is 2. The number of amidine groups is 1. The lowest BCUT2D eigenvalue weighted by Crippen LogP contribution is -2.35. The van der Waals surface area contributed by atoms with Gasteiger partial charge in [0.15, 0.2) is 5.84 Å². The molecule has 1 aromatic carbocycles. The van der Waals surface area contributed by atoms with Crippen molar-refractivity contribution in [3.05, 3.63) is 29.6 Å². The van der Waals surface area contributed by atoms with E-state index in [1.54, 1.807) is 12.1 Å². The Morgan fingerprint density at radius 2 is 2.00 bits per heavy atom. The summed E-state index contributed by atoms with van der Waals surface area (Å²) in [5.41, 5.74) is 6.29. The van der Waals surface area contributed by atoms with Gasteiger partial charge >= 0.3 is 0 Å². The smallest absolute Gasteiger partial charge is 0.175 e. The third kappa shape index (κ3) is 2.72. The Kier molecular flexibility index (Phi) is 4.53. The van der Waals surface area contributed by atoms with Crippen LogP contribution in [0.4, 0.5) is 10.1 Å². The molecule has 0 saturated carbocycles. The Bertz CT molecular complexity index is 446. The molecule has 5 heteroatoms. The fourth-order valence-electron chi connectivity index (χ4n) is 1.78. The molecule has 0 aliphatic rings. The van der Waals surface area contributed by atoms with E-state index in [1.165, 1.54) is 6.07 Å². The summed E-state index contributed by atoms with van der Waals surface area (Å²) < 4.78 is 13.8. The summed E-state index contributed by atoms with van der Waals surface area (Å²) in [6.45, 7) is 6.22. The molecular formula is C13H20FN3O. The standard InChI is InChI=1S/C13H20FN3O/c1-8(2)9(3)17(4)11-7-5-6-10(14)12(11)13(15)16-18/h5-9,18H,1-4H3,(H2,15,16). The number of benzene rings is 1. The summed E-state index contributed by atoms with van der Waals surface area (Å²) in [6.07, 6.45) is 0. The molecule has 0 aromatic heterocycles. The van der Waals surface area contributed by atoms with E-state index in [0.29, 0.717) is 11.6 Å². The zero-order chi connectivity index (χ0) is 13.9. The van der Waals surface area contributed by atoms with Crippen LogP contribution in [-0.4, -0.2) is 24.1 Å². The number of hydrogen-bond donors (Lipinski definition) is 2. The molecule has 4 nitrogen and oxygen atoms in total. The molecule has 0 spiro atoms. The molecule has 0 amide bonds. The van der Waals surface area contributed by atoms with Crippen molar-refractivity contribution >= 4 is 11.5 Å². The Balaban J connectivity index is 3.28. The Morgan fingerprint density at radius 3 is 2.50 bits per heavy atom. The van der Waals surface area contributed by atoms with Gasteiger partial charge in [-0.05, 0) is 25.0 Å². The molecule has 0 aliphatic heterocycles. The third-order valence-corrected chi connectivity index (χ3v) is 3.31. The van der Waals surface area contributed by atoms with Crippen molar-refractivity contribution < 1.29 is 9.60 Å². The van der Waals surface area contributed by atoms with Crippen molar-refractivity contribution in [3.63, 3.8) is 0 Å². The maximum atomic E-state index is 13.8. The average molecular weight is 253 g/mol. The molecule has 0 fully saturated rings.